The molecule has 1 aliphatic carbocycles. The number of nitrogens with one attached hydrogen (secondary N) is 1. The molecule has 2 rings (SSSR count). The van der Waals surface area contributed by atoms with Gasteiger partial charge >= 0.3 is 0 Å². The molecule has 1 unspecified atom stereocenters. The van der Waals surface area contributed by atoms with Gasteiger partial charge in [-0.1, -0.05) is 26.7 Å². The lowest BCUT2D eigenvalue weighted by Gasteiger charge is -2.10. The molecule has 1 saturated carbocycles. The first-order chi connectivity index (χ1) is 7.18. The highest BCUT2D eigenvalue weighted by atomic mass is 15.2. The Balaban J connectivity index is 2.09. The molecule has 0 saturated heterocycles. The zero-order valence-corrected chi connectivity index (χ0v) is 9.53. The van der Waals surface area contributed by atoms with Crippen LogP contribution in [0.4, 0.5) is 0 Å². The number of rotatable bonds is 3. The van der Waals surface area contributed by atoms with Crippen molar-refractivity contribution in [3.05, 3.63) is 11.6 Å². The molecule has 15 heavy (non-hydrogen) atoms. The van der Waals surface area contributed by atoms with E-state index in [1.54, 1.807) is 0 Å². The summed E-state index contributed by atoms with van der Waals surface area (Å²) in [6.07, 6.45) is 5.12. The number of aromatic nitrogens is 3. The van der Waals surface area contributed by atoms with Crippen LogP contribution in [0.2, 0.25) is 0 Å². The Bertz CT molecular complexity index is 296. The number of nitrogens with zero attached hydrogens (tertiary/aromatic N) is 2. The topological polar surface area (TPSA) is 67.6 Å². The molecule has 0 bridgehead atoms. The van der Waals surface area contributed by atoms with Crippen LogP contribution >= 0.6 is 0 Å². The molecular weight excluding hydrogens is 188 g/mol. The number of aromatic amines is 1. The van der Waals surface area contributed by atoms with Crippen LogP contribution in [0.25, 0.3) is 0 Å². The van der Waals surface area contributed by atoms with Gasteiger partial charge in [-0.05, 0) is 18.8 Å². The lowest BCUT2D eigenvalue weighted by atomic mass is 10.1. The minimum Gasteiger partial charge on any atom is -0.321 e. The fraction of sp³-hybridized carbons (Fsp3) is 0.818. The first-order valence-corrected chi connectivity index (χ1v) is 5.86. The van der Waals surface area contributed by atoms with Gasteiger partial charge in [0, 0.05) is 5.92 Å². The molecule has 0 radical (unpaired) electrons. The molecular formula is C11H20N4. The molecule has 1 heterocycles. The predicted molar refractivity (Wildman–Crippen MR) is 59.4 cm³/mol. The van der Waals surface area contributed by atoms with E-state index in [1.807, 2.05) is 0 Å². The molecule has 1 atom stereocenters. The third-order valence-electron chi connectivity index (χ3n) is 3.28. The number of hydrogen-bond acceptors (Lipinski definition) is 3. The molecule has 1 aromatic rings. The minimum absolute atomic E-state index is 0.0450. The van der Waals surface area contributed by atoms with E-state index in [0.29, 0.717) is 11.8 Å². The zero-order valence-electron chi connectivity index (χ0n) is 9.53. The monoisotopic (exact) mass is 208 g/mol. The highest BCUT2D eigenvalue weighted by molar-refractivity contribution is 5.03. The maximum atomic E-state index is 6.00. The van der Waals surface area contributed by atoms with Gasteiger partial charge < -0.3 is 5.73 Å². The van der Waals surface area contributed by atoms with Crippen molar-refractivity contribution in [3.8, 4) is 0 Å². The highest BCUT2D eigenvalue weighted by Gasteiger charge is 2.22. The van der Waals surface area contributed by atoms with E-state index >= 15 is 0 Å². The van der Waals surface area contributed by atoms with E-state index in [4.69, 9.17) is 5.73 Å². The van der Waals surface area contributed by atoms with E-state index in [2.05, 4.69) is 29.0 Å². The summed E-state index contributed by atoms with van der Waals surface area (Å²) in [5.41, 5.74) is 6.00. The Morgan fingerprint density at radius 1 is 1.33 bits per heavy atom. The van der Waals surface area contributed by atoms with Crippen LogP contribution < -0.4 is 5.73 Å². The first-order valence-electron chi connectivity index (χ1n) is 5.86. The van der Waals surface area contributed by atoms with Gasteiger partial charge in [0.15, 0.2) is 5.82 Å². The van der Waals surface area contributed by atoms with Crippen LogP contribution in [0.15, 0.2) is 0 Å². The number of nitrogens with two attached hydrogens (primary N) is 1. The average Bonchev–Trinajstić information content (AvgIpc) is 2.86. The fourth-order valence-corrected chi connectivity index (χ4v) is 2.12. The molecule has 1 fully saturated rings. The molecule has 0 aliphatic heterocycles. The van der Waals surface area contributed by atoms with Crippen LogP contribution in [0.1, 0.15) is 63.1 Å². The Labute approximate surface area is 90.7 Å². The number of hydrogen-bond donors (Lipinski definition) is 2. The predicted octanol–water partition coefficient (Wildman–Crippen LogP) is 2.12. The van der Waals surface area contributed by atoms with E-state index in [0.717, 1.165) is 11.6 Å². The molecule has 4 heteroatoms. The van der Waals surface area contributed by atoms with Gasteiger partial charge in [-0.15, -0.1) is 0 Å². The number of H-pyrrole nitrogens is 1. The summed E-state index contributed by atoms with van der Waals surface area (Å²) in [6, 6.07) is -0.0450. The molecule has 0 amide bonds. The van der Waals surface area contributed by atoms with Gasteiger partial charge in [-0.25, -0.2) is 4.98 Å². The average molecular weight is 208 g/mol. The largest absolute Gasteiger partial charge is 0.321 e. The van der Waals surface area contributed by atoms with Crippen LogP contribution in [-0.2, 0) is 0 Å². The van der Waals surface area contributed by atoms with Crippen molar-refractivity contribution >= 4 is 0 Å². The molecule has 4 nitrogen and oxygen atoms in total. The molecule has 1 aromatic heterocycles. The summed E-state index contributed by atoms with van der Waals surface area (Å²) in [5.74, 6) is 2.79. The lowest BCUT2D eigenvalue weighted by molar-refractivity contribution is 0.491. The van der Waals surface area contributed by atoms with Crippen molar-refractivity contribution in [2.45, 2.75) is 51.5 Å². The van der Waals surface area contributed by atoms with Crippen LogP contribution in [0.3, 0.4) is 0 Å². The smallest absolute Gasteiger partial charge is 0.167 e. The summed E-state index contributed by atoms with van der Waals surface area (Å²) >= 11 is 0. The Kier molecular flexibility index (Phi) is 3.05. The summed E-state index contributed by atoms with van der Waals surface area (Å²) in [5, 5.41) is 7.26. The molecule has 0 aromatic carbocycles. The zero-order chi connectivity index (χ0) is 10.8. The Morgan fingerprint density at radius 2 is 2.00 bits per heavy atom. The molecule has 0 spiro atoms. The summed E-state index contributed by atoms with van der Waals surface area (Å²) in [6.45, 7) is 4.19. The minimum atomic E-state index is -0.0450. The third kappa shape index (κ3) is 2.20. The van der Waals surface area contributed by atoms with E-state index in [-0.39, 0.29) is 6.04 Å². The van der Waals surface area contributed by atoms with Crippen molar-refractivity contribution in [1.29, 1.82) is 0 Å². The summed E-state index contributed by atoms with van der Waals surface area (Å²) < 4.78 is 0. The van der Waals surface area contributed by atoms with Crippen LogP contribution in [0, 0.1) is 5.92 Å². The van der Waals surface area contributed by atoms with Gasteiger partial charge in [-0.2, -0.15) is 5.10 Å². The van der Waals surface area contributed by atoms with Crippen molar-refractivity contribution < 1.29 is 0 Å². The maximum absolute atomic E-state index is 6.00. The third-order valence-corrected chi connectivity index (χ3v) is 3.28. The van der Waals surface area contributed by atoms with Gasteiger partial charge in [0.05, 0.1) is 6.04 Å². The molecule has 84 valence electrons. The molecule has 1 aliphatic rings. The van der Waals surface area contributed by atoms with Gasteiger partial charge in [0.25, 0.3) is 0 Å². The van der Waals surface area contributed by atoms with Crippen LogP contribution in [-0.4, -0.2) is 15.2 Å². The van der Waals surface area contributed by atoms with E-state index in [9.17, 15) is 0 Å². The van der Waals surface area contributed by atoms with Crippen LogP contribution in [0.5, 0.6) is 0 Å². The lowest BCUT2D eigenvalue weighted by Crippen LogP contribution is -2.18. The van der Waals surface area contributed by atoms with E-state index < -0.39 is 0 Å². The van der Waals surface area contributed by atoms with Crippen molar-refractivity contribution in [3.63, 3.8) is 0 Å². The van der Waals surface area contributed by atoms with Crippen molar-refractivity contribution in [1.82, 2.24) is 15.2 Å². The van der Waals surface area contributed by atoms with E-state index in [1.165, 1.54) is 25.7 Å². The second kappa shape index (κ2) is 4.31. The van der Waals surface area contributed by atoms with Gasteiger partial charge in [0.1, 0.15) is 5.82 Å². The summed E-state index contributed by atoms with van der Waals surface area (Å²) in [4.78, 5) is 4.52. The normalized spacial score (nSPS) is 20.0. The Hall–Kier alpha value is -0.900. The summed E-state index contributed by atoms with van der Waals surface area (Å²) in [7, 11) is 0. The second-order valence-electron chi connectivity index (χ2n) is 4.83. The molecule has 3 N–H and O–H groups in total. The SMILES string of the molecule is CC(C)C(N)c1n[nH]c(C2CCCC2)n1. The Morgan fingerprint density at radius 3 is 2.60 bits per heavy atom. The maximum Gasteiger partial charge on any atom is 0.167 e. The van der Waals surface area contributed by atoms with Crippen molar-refractivity contribution in [2.24, 2.45) is 11.7 Å². The first kappa shape index (κ1) is 10.6. The highest BCUT2D eigenvalue weighted by Crippen LogP contribution is 2.32. The van der Waals surface area contributed by atoms with Crippen molar-refractivity contribution in [2.75, 3.05) is 0 Å². The van der Waals surface area contributed by atoms with Gasteiger partial charge in [-0.3, -0.25) is 5.10 Å². The van der Waals surface area contributed by atoms with Gasteiger partial charge in [0.2, 0.25) is 0 Å². The standard InChI is InChI=1S/C11H20N4/c1-7(2)9(12)11-13-10(14-15-11)8-5-3-4-6-8/h7-9H,3-6,12H2,1-2H3,(H,13,14,15). The quantitative estimate of drug-likeness (QED) is 0.799. The fourth-order valence-electron chi connectivity index (χ4n) is 2.12. The second-order valence-corrected chi connectivity index (χ2v) is 4.83.